The number of aliphatic hydroxyl groups excluding tert-OH is 1. The third-order valence-corrected chi connectivity index (χ3v) is 5.50. The predicted octanol–water partition coefficient (Wildman–Crippen LogP) is 3.25. The number of para-hydroxylation sites is 1. The van der Waals surface area contributed by atoms with E-state index < -0.39 is 30.1 Å². The zero-order valence-corrected chi connectivity index (χ0v) is 19.5. The zero-order valence-electron chi connectivity index (χ0n) is 19.5. The molecule has 3 heterocycles. The number of alkyl halides is 3. The van der Waals surface area contributed by atoms with Crippen molar-refractivity contribution in [2.45, 2.75) is 31.2 Å². The second-order valence-electron chi connectivity index (χ2n) is 8.15. The summed E-state index contributed by atoms with van der Waals surface area (Å²) in [6.45, 7) is 0. The number of benzene rings is 1. The van der Waals surface area contributed by atoms with Gasteiger partial charge >= 0.3 is 6.18 Å². The lowest BCUT2D eigenvalue weighted by atomic mass is 10.1. The number of aliphatic hydroxyl groups is 1. The number of anilines is 1. The molecule has 0 spiro atoms. The number of fused-ring (bicyclic) bond motifs is 1. The number of aryl methyl sites for hydroxylation is 1. The van der Waals surface area contributed by atoms with Crippen molar-refractivity contribution in [1.29, 1.82) is 0 Å². The van der Waals surface area contributed by atoms with Crippen molar-refractivity contribution in [3.05, 3.63) is 77.7 Å². The van der Waals surface area contributed by atoms with Crippen LogP contribution in [0.2, 0.25) is 0 Å². The number of ether oxygens (including phenoxy) is 1. The van der Waals surface area contributed by atoms with Crippen LogP contribution in [0.15, 0.2) is 60.8 Å². The van der Waals surface area contributed by atoms with Crippen molar-refractivity contribution >= 4 is 17.6 Å². The molecule has 4 rings (SSSR count). The second-order valence-corrected chi connectivity index (χ2v) is 8.15. The number of carbonyl (C=O) groups is 2. The molecule has 2 N–H and O–H groups in total. The molecule has 0 aliphatic carbocycles. The molecule has 8 nitrogen and oxygen atoms in total. The quantitative estimate of drug-likeness (QED) is 0.523. The Morgan fingerprint density at radius 2 is 1.95 bits per heavy atom. The number of halogens is 3. The molecule has 1 aliphatic rings. The van der Waals surface area contributed by atoms with Gasteiger partial charge in [0, 0.05) is 19.3 Å². The molecule has 0 saturated carbocycles. The van der Waals surface area contributed by atoms with Crippen LogP contribution in [0.1, 0.15) is 28.2 Å². The maximum atomic E-state index is 13.1. The minimum atomic E-state index is -4.88. The third-order valence-electron chi connectivity index (χ3n) is 5.50. The molecule has 0 saturated heterocycles. The van der Waals surface area contributed by atoms with E-state index in [1.165, 1.54) is 30.3 Å². The SMILES string of the molecule is CN1C(=O)C(NC(=O)c2cc(Oc3ccccc3)ccn2)CCc2ccc(C#CC(O)C(F)(F)F)nc21. The molecule has 190 valence electrons. The summed E-state index contributed by atoms with van der Waals surface area (Å²) in [5, 5.41) is 11.8. The van der Waals surface area contributed by atoms with E-state index in [0.717, 1.165) is 0 Å². The lowest BCUT2D eigenvalue weighted by Gasteiger charge is -2.21. The van der Waals surface area contributed by atoms with E-state index in [2.05, 4.69) is 21.2 Å². The summed E-state index contributed by atoms with van der Waals surface area (Å²) in [5.74, 6) is 4.05. The molecular formula is C26H21F3N4O4. The Bertz CT molecular complexity index is 1370. The van der Waals surface area contributed by atoms with Crippen LogP contribution in [-0.4, -0.2) is 52.3 Å². The number of rotatable bonds is 4. The van der Waals surface area contributed by atoms with Gasteiger partial charge in [-0.2, -0.15) is 13.2 Å². The van der Waals surface area contributed by atoms with Crippen molar-refractivity contribution in [3.8, 4) is 23.3 Å². The fourth-order valence-electron chi connectivity index (χ4n) is 3.61. The van der Waals surface area contributed by atoms with Gasteiger partial charge in [-0.1, -0.05) is 30.2 Å². The van der Waals surface area contributed by atoms with Crippen LogP contribution in [0.3, 0.4) is 0 Å². The Hall–Kier alpha value is -4.43. The number of hydrogen-bond donors (Lipinski definition) is 2. The lowest BCUT2D eigenvalue weighted by Crippen LogP contribution is -2.47. The fraction of sp³-hybridized carbons (Fsp3) is 0.231. The number of amides is 2. The van der Waals surface area contributed by atoms with Gasteiger partial charge in [-0.05, 0) is 48.6 Å². The van der Waals surface area contributed by atoms with Crippen LogP contribution in [0.4, 0.5) is 19.0 Å². The van der Waals surface area contributed by atoms with Crippen LogP contribution in [0.25, 0.3) is 0 Å². The van der Waals surface area contributed by atoms with Crippen molar-refractivity contribution in [3.63, 3.8) is 0 Å². The monoisotopic (exact) mass is 510 g/mol. The zero-order chi connectivity index (χ0) is 26.6. The Morgan fingerprint density at radius 3 is 2.68 bits per heavy atom. The smallest absolute Gasteiger partial charge is 0.425 e. The van der Waals surface area contributed by atoms with Crippen LogP contribution >= 0.6 is 0 Å². The average Bonchev–Trinajstić information content (AvgIpc) is 2.99. The van der Waals surface area contributed by atoms with Gasteiger partial charge in [-0.15, -0.1) is 0 Å². The minimum absolute atomic E-state index is 0.0383. The van der Waals surface area contributed by atoms with Gasteiger partial charge in [-0.25, -0.2) is 4.98 Å². The van der Waals surface area contributed by atoms with Crippen LogP contribution < -0.4 is 15.0 Å². The molecule has 0 bridgehead atoms. The molecule has 1 aromatic carbocycles. The highest BCUT2D eigenvalue weighted by atomic mass is 19.4. The Balaban J connectivity index is 1.47. The maximum Gasteiger partial charge on any atom is 0.425 e. The van der Waals surface area contributed by atoms with Crippen molar-refractivity contribution in [2.24, 2.45) is 0 Å². The number of nitrogens with one attached hydrogen (secondary N) is 1. The van der Waals surface area contributed by atoms with E-state index in [-0.39, 0.29) is 23.6 Å². The molecule has 37 heavy (non-hydrogen) atoms. The summed E-state index contributed by atoms with van der Waals surface area (Å²) in [6, 6.07) is 14.2. The van der Waals surface area contributed by atoms with Gasteiger partial charge < -0.3 is 15.2 Å². The largest absolute Gasteiger partial charge is 0.457 e. The lowest BCUT2D eigenvalue weighted by molar-refractivity contribution is -0.184. The first-order valence-corrected chi connectivity index (χ1v) is 11.2. The second kappa shape index (κ2) is 10.7. The van der Waals surface area contributed by atoms with Gasteiger partial charge in [0.1, 0.15) is 34.7 Å². The number of nitrogens with zero attached hydrogens (tertiary/aromatic N) is 3. The average molecular weight is 510 g/mol. The summed E-state index contributed by atoms with van der Waals surface area (Å²) in [4.78, 5) is 35.5. The molecule has 3 aromatic rings. The molecule has 11 heteroatoms. The first-order valence-electron chi connectivity index (χ1n) is 11.2. The molecule has 2 aromatic heterocycles. The predicted molar refractivity (Wildman–Crippen MR) is 127 cm³/mol. The highest BCUT2D eigenvalue weighted by Crippen LogP contribution is 2.26. The number of pyridine rings is 2. The van der Waals surface area contributed by atoms with E-state index in [4.69, 9.17) is 9.84 Å². The van der Waals surface area contributed by atoms with Gasteiger partial charge in [-0.3, -0.25) is 19.5 Å². The first-order chi connectivity index (χ1) is 17.6. The third kappa shape index (κ3) is 6.23. The van der Waals surface area contributed by atoms with E-state index in [9.17, 15) is 22.8 Å². The summed E-state index contributed by atoms with van der Waals surface area (Å²) in [6.07, 6.45) is -5.63. The molecule has 2 atom stereocenters. The Labute approximate surface area is 210 Å². The summed E-state index contributed by atoms with van der Waals surface area (Å²) >= 11 is 0. The highest BCUT2D eigenvalue weighted by Gasteiger charge is 2.37. The van der Waals surface area contributed by atoms with Gasteiger partial charge in [0.25, 0.3) is 5.91 Å². The number of likely N-dealkylation sites (N-methyl/N-ethyl adjacent to an activating group) is 1. The minimum Gasteiger partial charge on any atom is -0.457 e. The normalized spacial score (nSPS) is 16.1. The number of carbonyl (C=O) groups excluding carboxylic acids is 2. The molecule has 2 unspecified atom stereocenters. The first kappa shape index (κ1) is 25.7. The van der Waals surface area contributed by atoms with Crippen molar-refractivity contribution in [1.82, 2.24) is 15.3 Å². The van der Waals surface area contributed by atoms with Crippen LogP contribution in [0, 0.1) is 11.8 Å². The van der Waals surface area contributed by atoms with Crippen molar-refractivity contribution in [2.75, 3.05) is 11.9 Å². The summed E-state index contributed by atoms with van der Waals surface area (Å²) in [7, 11) is 1.45. The number of hydrogen-bond acceptors (Lipinski definition) is 6. The van der Waals surface area contributed by atoms with E-state index in [0.29, 0.717) is 23.5 Å². The van der Waals surface area contributed by atoms with Gasteiger partial charge in [0.05, 0.1) is 0 Å². The standard InChI is InChI=1S/C26H21F3N4O4/c1-33-23-16(7-9-17(31-23)10-12-22(34)26(27,28)29)8-11-20(25(33)36)32-24(35)21-15-19(13-14-30-21)37-18-5-3-2-4-6-18/h2-7,9,13-15,20,22,34H,8,11H2,1H3,(H,32,35). The van der Waals surface area contributed by atoms with Crippen LogP contribution in [-0.2, 0) is 11.2 Å². The van der Waals surface area contributed by atoms with Crippen LogP contribution in [0.5, 0.6) is 11.5 Å². The van der Waals surface area contributed by atoms with Gasteiger partial charge in [0.15, 0.2) is 0 Å². The molecule has 2 amide bonds. The topological polar surface area (TPSA) is 105 Å². The maximum absolute atomic E-state index is 13.1. The Morgan fingerprint density at radius 1 is 1.19 bits per heavy atom. The molecule has 0 radical (unpaired) electrons. The van der Waals surface area contributed by atoms with E-state index in [1.807, 2.05) is 18.2 Å². The number of aromatic nitrogens is 2. The molecule has 0 fully saturated rings. The van der Waals surface area contributed by atoms with E-state index >= 15 is 0 Å². The highest BCUT2D eigenvalue weighted by molar-refractivity contribution is 6.02. The molecule has 1 aliphatic heterocycles. The van der Waals surface area contributed by atoms with Crippen molar-refractivity contribution < 1.29 is 32.6 Å². The van der Waals surface area contributed by atoms with E-state index in [1.54, 1.807) is 30.2 Å². The Kier molecular flexibility index (Phi) is 7.40. The van der Waals surface area contributed by atoms with Gasteiger partial charge in [0.2, 0.25) is 12.0 Å². The summed E-state index contributed by atoms with van der Waals surface area (Å²) < 4.78 is 43.3. The fourth-order valence-corrected chi connectivity index (χ4v) is 3.61. The summed E-state index contributed by atoms with van der Waals surface area (Å²) in [5.41, 5.74) is 0.680. The molecular weight excluding hydrogens is 489 g/mol.